The van der Waals surface area contributed by atoms with E-state index in [1.807, 2.05) is 0 Å². The van der Waals surface area contributed by atoms with Crippen molar-refractivity contribution >= 4 is 26.4 Å². The average molecular weight is 257 g/mol. The summed E-state index contributed by atoms with van der Waals surface area (Å²) in [6.07, 6.45) is 1.87. The van der Waals surface area contributed by atoms with Crippen LogP contribution in [0, 0.1) is 11.3 Å². The van der Waals surface area contributed by atoms with Gasteiger partial charge in [0.2, 0.25) is 10.0 Å². The van der Waals surface area contributed by atoms with Crippen LogP contribution in [0.3, 0.4) is 0 Å². The predicted octanol–water partition coefficient (Wildman–Crippen LogP) is 0.637. The van der Waals surface area contributed by atoms with Crippen molar-refractivity contribution in [3.8, 4) is 6.07 Å². The summed E-state index contributed by atoms with van der Waals surface area (Å²) in [4.78, 5) is 1.05. The lowest BCUT2D eigenvalue weighted by atomic mass is 10.1. The fraction of sp³-hybridized carbons (Fsp3) is 0.444. The van der Waals surface area contributed by atoms with Crippen LogP contribution in [-0.4, -0.2) is 21.2 Å². The van der Waals surface area contributed by atoms with Gasteiger partial charge in [-0.05, 0) is 18.5 Å². The average Bonchev–Trinajstić information content (AvgIpc) is 2.51. The van der Waals surface area contributed by atoms with Crippen molar-refractivity contribution in [2.45, 2.75) is 13.0 Å². The summed E-state index contributed by atoms with van der Waals surface area (Å²) in [5.74, 6) is 0. The van der Waals surface area contributed by atoms with E-state index >= 15 is 0 Å². The largest absolute Gasteiger partial charge is 0.312 e. The highest BCUT2D eigenvalue weighted by Gasteiger charge is 2.21. The number of nitrogens with zero attached hydrogens (tertiary/aromatic N) is 1. The normalized spacial score (nSPS) is 15.2. The Morgan fingerprint density at radius 1 is 1.56 bits per heavy atom. The highest BCUT2D eigenvalue weighted by atomic mass is 32.2. The highest BCUT2D eigenvalue weighted by molar-refractivity contribution is 7.92. The van der Waals surface area contributed by atoms with E-state index in [1.165, 1.54) is 11.3 Å². The summed E-state index contributed by atoms with van der Waals surface area (Å²) in [7, 11) is -3.32. The number of rotatable bonds is 2. The topological polar surface area (TPSA) is 82.0 Å². The Hall–Kier alpha value is -1.10. The molecule has 16 heavy (non-hydrogen) atoms. The predicted molar refractivity (Wildman–Crippen MR) is 62.9 cm³/mol. The standard InChI is InChI=1S/C9H11N3O2S2/c1-16(13,14)12-9-7(4-10)6-2-3-11-5-8(6)15-9/h11-12H,2-3,5H2,1H3. The Morgan fingerprint density at radius 2 is 2.31 bits per heavy atom. The summed E-state index contributed by atoms with van der Waals surface area (Å²) >= 11 is 1.34. The first kappa shape index (κ1) is 11.4. The fourth-order valence-electron chi connectivity index (χ4n) is 1.69. The van der Waals surface area contributed by atoms with Crippen molar-refractivity contribution in [1.29, 1.82) is 5.26 Å². The molecule has 1 aromatic heterocycles. The van der Waals surface area contributed by atoms with Crippen LogP contribution in [0.15, 0.2) is 0 Å². The molecule has 7 heteroatoms. The zero-order chi connectivity index (χ0) is 11.8. The molecule has 0 fully saturated rings. The van der Waals surface area contributed by atoms with E-state index in [2.05, 4.69) is 16.1 Å². The van der Waals surface area contributed by atoms with E-state index in [4.69, 9.17) is 5.26 Å². The van der Waals surface area contributed by atoms with Crippen LogP contribution in [0.2, 0.25) is 0 Å². The molecule has 0 saturated carbocycles. The number of nitriles is 1. The minimum Gasteiger partial charge on any atom is -0.312 e. The number of hydrogen-bond acceptors (Lipinski definition) is 5. The lowest BCUT2D eigenvalue weighted by molar-refractivity contribution is 0.607. The smallest absolute Gasteiger partial charge is 0.230 e. The second kappa shape index (κ2) is 4.05. The Bertz CT molecular complexity index is 554. The highest BCUT2D eigenvalue weighted by Crippen LogP contribution is 2.35. The number of sulfonamides is 1. The summed E-state index contributed by atoms with van der Waals surface area (Å²) in [5.41, 5.74) is 1.46. The molecule has 0 unspecified atom stereocenters. The van der Waals surface area contributed by atoms with Gasteiger partial charge in [0.1, 0.15) is 11.1 Å². The first-order valence-electron chi connectivity index (χ1n) is 4.74. The first-order valence-corrected chi connectivity index (χ1v) is 7.45. The van der Waals surface area contributed by atoms with Gasteiger partial charge in [0.05, 0.1) is 11.8 Å². The lowest BCUT2D eigenvalue weighted by Gasteiger charge is -2.11. The van der Waals surface area contributed by atoms with Gasteiger partial charge in [0.25, 0.3) is 0 Å². The summed E-state index contributed by atoms with van der Waals surface area (Å²) < 4.78 is 24.7. The third-order valence-corrected chi connectivity index (χ3v) is 4.17. The minimum absolute atomic E-state index is 0.443. The molecule has 0 bridgehead atoms. The van der Waals surface area contributed by atoms with E-state index in [-0.39, 0.29) is 0 Å². The number of nitrogens with one attached hydrogen (secondary N) is 2. The monoisotopic (exact) mass is 257 g/mol. The maximum Gasteiger partial charge on any atom is 0.230 e. The van der Waals surface area contributed by atoms with Crippen LogP contribution in [-0.2, 0) is 23.0 Å². The molecule has 2 heterocycles. The lowest BCUT2D eigenvalue weighted by Crippen LogP contribution is -2.22. The SMILES string of the molecule is CS(=O)(=O)Nc1sc2c(c1C#N)CCNC2. The van der Waals surface area contributed by atoms with Crippen LogP contribution < -0.4 is 10.0 Å². The zero-order valence-corrected chi connectivity index (χ0v) is 10.3. The van der Waals surface area contributed by atoms with Gasteiger partial charge in [0.15, 0.2) is 0 Å². The second-order valence-corrected chi connectivity index (χ2v) is 6.47. The van der Waals surface area contributed by atoms with Crippen molar-refractivity contribution < 1.29 is 8.42 Å². The van der Waals surface area contributed by atoms with Gasteiger partial charge in [-0.15, -0.1) is 11.3 Å². The third kappa shape index (κ3) is 2.19. The van der Waals surface area contributed by atoms with Gasteiger partial charge in [-0.1, -0.05) is 0 Å². The molecule has 1 aliphatic rings. The zero-order valence-electron chi connectivity index (χ0n) is 8.70. The maximum atomic E-state index is 11.2. The van der Waals surface area contributed by atoms with Crippen molar-refractivity contribution in [2.75, 3.05) is 17.5 Å². The number of anilines is 1. The Morgan fingerprint density at radius 3 is 2.94 bits per heavy atom. The second-order valence-electron chi connectivity index (χ2n) is 3.62. The molecule has 0 radical (unpaired) electrons. The molecule has 2 rings (SSSR count). The summed E-state index contributed by atoms with van der Waals surface area (Å²) in [6.45, 7) is 1.54. The van der Waals surface area contributed by atoms with E-state index in [0.717, 1.165) is 29.7 Å². The first-order chi connectivity index (χ1) is 7.51. The van der Waals surface area contributed by atoms with Crippen molar-refractivity contribution in [2.24, 2.45) is 0 Å². The molecule has 0 aromatic carbocycles. The van der Waals surface area contributed by atoms with Crippen LogP contribution >= 0.6 is 11.3 Å². The molecular formula is C9H11N3O2S2. The van der Waals surface area contributed by atoms with Gasteiger partial charge in [-0.25, -0.2) is 8.42 Å². The fourth-order valence-corrected chi connectivity index (χ4v) is 3.77. The molecular weight excluding hydrogens is 246 g/mol. The third-order valence-electron chi connectivity index (χ3n) is 2.32. The van der Waals surface area contributed by atoms with Gasteiger partial charge < -0.3 is 5.32 Å². The van der Waals surface area contributed by atoms with Gasteiger partial charge in [-0.3, -0.25) is 4.72 Å². The summed E-state index contributed by atoms with van der Waals surface area (Å²) in [6, 6.07) is 2.08. The number of fused-ring (bicyclic) bond motifs is 1. The van der Waals surface area contributed by atoms with Crippen LogP contribution in [0.1, 0.15) is 16.0 Å². The van der Waals surface area contributed by atoms with Crippen molar-refractivity contribution in [3.05, 3.63) is 16.0 Å². The minimum atomic E-state index is -3.32. The molecule has 5 nitrogen and oxygen atoms in total. The van der Waals surface area contributed by atoms with E-state index in [9.17, 15) is 8.42 Å². The van der Waals surface area contributed by atoms with Gasteiger partial charge >= 0.3 is 0 Å². The number of hydrogen-bond donors (Lipinski definition) is 2. The number of thiophene rings is 1. The Kier molecular flexibility index (Phi) is 2.88. The van der Waals surface area contributed by atoms with Gasteiger partial charge in [0, 0.05) is 11.4 Å². The quantitative estimate of drug-likeness (QED) is 0.814. The molecule has 1 aromatic rings. The van der Waals surface area contributed by atoms with Crippen molar-refractivity contribution in [1.82, 2.24) is 5.32 Å². The molecule has 0 aliphatic carbocycles. The Labute approximate surface area is 98.1 Å². The van der Waals surface area contributed by atoms with E-state index < -0.39 is 10.0 Å². The molecule has 2 N–H and O–H groups in total. The molecule has 0 amide bonds. The molecule has 0 spiro atoms. The maximum absolute atomic E-state index is 11.2. The van der Waals surface area contributed by atoms with Crippen LogP contribution in [0.5, 0.6) is 0 Å². The van der Waals surface area contributed by atoms with Crippen LogP contribution in [0.25, 0.3) is 0 Å². The van der Waals surface area contributed by atoms with Crippen molar-refractivity contribution in [3.63, 3.8) is 0 Å². The Balaban J connectivity index is 2.47. The molecule has 1 aliphatic heterocycles. The van der Waals surface area contributed by atoms with Crippen LogP contribution in [0.4, 0.5) is 5.00 Å². The molecule has 0 atom stereocenters. The van der Waals surface area contributed by atoms with E-state index in [0.29, 0.717) is 17.1 Å². The molecule has 86 valence electrons. The molecule has 0 saturated heterocycles. The summed E-state index contributed by atoms with van der Waals surface area (Å²) in [5, 5.41) is 12.7. The van der Waals surface area contributed by atoms with Gasteiger partial charge in [-0.2, -0.15) is 5.26 Å². The van der Waals surface area contributed by atoms with E-state index in [1.54, 1.807) is 0 Å².